The monoisotopic (exact) mass is 506 g/mol. The third kappa shape index (κ3) is 8.83. The minimum atomic E-state index is -0.903. The number of amides is 2. The molecule has 0 saturated heterocycles. The van der Waals surface area contributed by atoms with Crippen LogP contribution in [0.3, 0.4) is 0 Å². The van der Waals surface area contributed by atoms with Crippen molar-refractivity contribution in [2.75, 3.05) is 5.32 Å². The van der Waals surface area contributed by atoms with Crippen LogP contribution >= 0.6 is 0 Å². The molecule has 0 saturated carbocycles. The molecule has 0 fully saturated rings. The topological polar surface area (TPSA) is 107 Å². The van der Waals surface area contributed by atoms with E-state index >= 15 is 0 Å². The number of ether oxygens (including phenoxy) is 2. The minimum absolute atomic E-state index is 0.243. The fourth-order valence-corrected chi connectivity index (χ4v) is 3.41. The maximum atomic E-state index is 13.2. The Morgan fingerprint density at radius 1 is 0.811 bits per heavy atom. The number of nitrogens with one attached hydrogen (secondary N) is 2. The van der Waals surface area contributed by atoms with E-state index in [0.717, 1.165) is 16.7 Å². The van der Waals surface area contributed by atoms with Crippen molar-refractivity contribution in [3.05, 3.63) is 78.3 Å². The molecule has 37 heavy (non-hydrogen) atoms. The Kier molecular flexibility index (Phi) is 8.42. The summed E-state index contributed by atoms with van der Waals surface area (Å²) in [5.41, 5.74) is 2.29. The second-order valence-electron chi connectivity index (χ2n) is 10.7. The molecule has 2 N–H and O–H groups in total. The Hall–Kier alpha value is -4.07. The van der Waals surface area contributed by atoms with E-state index in [0.29, 0.717) is 11.3 Å². The van der Waals surface area contributed by atoms with Gasteiger partial charge in [0.15, 0.2) is 0 Å². The molecule has 0 radical (unpaired) electrons. The average Bonchev–Trinajstić information content (AvgIpc) is 3.32. The van der Waals surface area contributed by atoms with Crippen molar-refractivity contribution in [1.82, 2.24) is 5.32 Å². The van der Waals surface area contributed by atoms with Crippen molar-refractivity contribution in [2.24, 2.45) is 0 Å². The zero-order valence-corrected chi connectivity index (χ0v) is 22.1. The lowest BCUT2D eigenvalue weighted by atomic mass is 10.0. The predicted octanol–water partition coefficient (Wildman–Crippen LogP) is 5.98. The summed E-state index contributed by atoms with van der Waals surface area (Å²) in [4.78, 5) is 37.9. The molecule has 1 heterocycles. The lowest BCUT2D eigenvalue weighted by molar-refractivity contribution is -0.118. The van der Waals surface area contributed by atoms with Gasteiger partial charge in [0.05, 0.1) is 18.1 Å². The van der Waals surface area contributed by atoms with Gasteiger partial charge >= 0.3 is 12.1 Å². The third-order valence-corrected chi connectivity index (χ3v) is 5.04. The maximum absolute atomic E-state index is 13.2. The van der Waals surface area contributed by atoms with E-state index in [1.54, 1.807) is 78.3 Å². The lowest BCUT2D eigenvalue weighted by Crippen LogP contribution is -2.47. The summed E-state index contributed by atoms with van der Waals surface area (Å²) >= 11 is 0. The Labute approximate surface area is 217 Å². The molecule has 8 heteroatoms. The molecule has 1 unspecified atom stereocenters. The standard InChI is InChI=1S/C29H34N2O6/c1-28(2,3)36-26(33)21-11-13-23(14-12-21)30-25(32)24(31-27(34)37-29(4,5)6)17-19-7-9-20(10-8-19)22-15-16-35-18-22/h7-16,18,24H,17H2,1-6H3,(H,30,32)(H,31,34). The van der Waals surface area contributed by atoms with Crippen LogP contribution in [0.2, 0.25) is 0 Å². The van der Waals surface area contributed by atoms with Gasteiger partial charge in [0.25, 0.3) is 0 Å². The van der Waals surface area contributed by atoms with E-state index in [1.165, 1.54) is 0 Å². The van der Waals surface area contributed by atoms with Gasteiger partial charge in [-0.3, -0.25) is 4.79 Å². The van der Waals surface area contributed by atoms with Crippen molar-refractivity contribution in [3.63, 3.8) is 0 Å². The molecule has 2 aromatic carbocycles. The van der Waals surface area contributed by atoms with Gasteiger partial charge in [-0.25, -0.2) is 9.59 Å². The first kappa shape index (κ1) is 27.5. The SMILES string of the molecule is CC(C)(C)OC(=O)NC(Cc1ccc(-c2ccoc2)cc1)C(=O)Nc1ccc(C(=O)OC(C)(C)C)cc1. The van der Waals surface area contributed by atoms with Gasteiger partial charge in [-0.2, -0.15) is 0 Å². The molecule has 0 aliphatic heterocycles. The molecule has 1 atom stereocenters. The van der Waals surface area contributed by atoms with Gasteiger partial charge in [0.2, 0.25) is 5.91 Å². The number of hydrogen-bond acceptors (Lipinski definition) is 6. The number of anilines is 1. The van der Waals surface area contributed by atoms with Crippen LogP contribution in [0.1, 0.15) is 57.5 Å². The second-order valence-corrected chi connectivity index (χ2v) is 10.7. The van der Waals surface area contributed by atoms with Crippen molar-refractivity contribution in [3.8, 4) is 11.1 Å². The molecule has 0 aliphatic carbocycles. The Morgan fingerprint density at radius 2 is 1.43 bits per heavy atom. The van der Waals surface area contributed by atoms with Crippen molar-refractivity contribution in [2.45, 2.75) is 65.2 Å². The molecule has 3 rings (SSSR count). The summed E-state index contributed by atoms with van der Waals surface area (Å²) in [7, 11) is 0. The smallest absolute Gasteiger partial charge is 0.408 e. The Morgan fingerprint density at radius 3 is 1.97 bits per heavy atom. The van der Waals surface area contributed by atoms with Crippen molar-refractivity contribution < 1.29 is 28.3 Å². The summed E-state index contributed by atoms with van der Waals surface area (Å²) in [6.07, 6.45) is 2.81. The summed E-state index contributed by atoms with van der Waals surface area (Å²) in [5.74, 6) is -0.872. The molecular formula is C29H34N2O6. The molecule has 3 aromatic rings. The highest BCUT2D eigenvalue weighted by atomic mass is 16.6. The summed E-state index contributed by atoms with van der Waals surface area (Å²) in [6.45, 7) is 10.6. The molecule has 1 aromatic heterocycles. The number of carbonyl (C=O) groups excluding carboxylic acids is 3. The normalized spacial score (nSPS) is 12.4. The van der Waals surface area contributed by atoms with Gasteiger partial charge in [0.1, 0.15) is 17.2 Å². The van der Waals surface area contributed by atoms with E-state index in [2.05, 4.69) is 10.6 Å². The number of esters is 1. The van der Waals surface area contributed by atoms with Crippen LogP contribution in [0.25, 0.3) is 11.1 Å². The number of alkyl carbamates (subject to hydrolysis) is 1. The van der Waals surface area contributed by atoms with Gasteiger partial charge in [-0.15, -0.1) is 0 Å². The summed E-state index contributed by atoms with van der Waals surface area (Å²) in [5, 5.41) is 5.48. The third-order valence-electron chi connectivity index (χ3n) is 5.04. The minimum Gasteiger partial charge on any atom is -0.472 e. The maximum Gasteiger partial charge on any atom is 0.408 e. The number of hydrogen-bond donors (Lipinski definition) is 2. The van der Waals surface area contributed by atoms with Gasteiger partial charge < -0.3 is 24.5 Å². The largest absolute Gasteiger partial charge is 0.472 e. The van der Waals surface area contributed by atoms with Gasteiger partial charge in [0, 0.05) is 17.7 Å². The molecule has 2 amide bonds. The highest BCUT2D eigenvalue weighted by molar-refractivity contribution is 5.97. The molecule has 0 bridgehead atoms. The molecule has 8 nitrogen and oxygen atoms in total. The number of rotatable bonds is 7. The van der Waals surface area contributed by atoms with Crippen molar-refractivity contribution in [1.29, 1.82) is 0 Å². The van der Waals surface area contributed by atoms with E-state index in [1.807, 2.05) is 30.3 Å². The Bertz CT molecular complexity index is 1200. The van der Waals surface area contributed by atoms with Crippen LogP contribution in [0.4, 0.5) is 10.5 Å². The van der Waals surface area contributed by atoms with Crippen LogP contribution in [0, 0.1) is 0 Å². The average molecular weight is 507 g/mol. The van der Waals surface area contributed by atoms with E-state index in [4.69, 9.17) is 13.9 Å². The van der Waals surface area contributed by atoms with E-state index in [9.17, 15) is 14.4 Å². The first-order chi connectivity index (χ1) is 17.3. The van der Waals surface area contributed by atoms with Crippen LogP contribution < -0.4 is 10.6 Å². The van der Waals surface area contributed by atoms with Crippen LogP contribution in [-0.4, -0.2) is 35.2 Å². The predicted molar refractivity (Wildman–Crippen MR) is 141 cm³/mol. The van der Waals surface area contributed by atoms with Gasteiger partial charge in [-0.05, 0) is 83.0 Å². The van der Waals surface area contributed by atoms with Gasteiger partial charge in [-0.1, -0.05) is 24.3 Å². The summed E-state index contributed by atoms with van der Waals surface area (Å²) < 4.78 is 15.9. The number of carbonyl (C=O) groups is 3. The van der Waals surface area contributed by atoms with Crippen LogP contribution in [0.15, 0.2) is 71.5 Å². The highest BCUT2D eigenvalue weighted by Crippen LogP contribution is 2.21. The number of furan rings is 1. The molecular weight excluding hydrogens is 472 g/mol. The van der Waals surface area contributed by atoms with E-state index < -0.39 is 35.2 Å². The van der Waals surface area contributed by atoms with E-state index in [-0.39, 0.29) is 6.42 Å². The summed E-state index contributed by atoms with van der Waals surface area (Å²) in [6, 6.07) is 15.0. The first-order valence-corrected chi connectivity index (χ1v) is 12.0. The lowest BCUT2D eigenvalue weighted by Gasteiger charge is -2.23. The molecule has 0 spiro atoms. The van der Waals surface area contributed by atoms with Crippen molar-refractivity contribution >= 4 is 23.7 Å². The number of benzene rings is 2. The molecule has 196 valence electrons. The van der Waals surface area contributed by atoms with Crippen LogP contribution in [0.5, 0.6) is 0 Å². The fraction of sp³-hybridized carbons (Fsp3) is 0.345. The first-order valence-electron chi connectivity index (χ1n) is 12.0. The zero-order chi connectivity index (χ0) is 27.2. The second kappa shape index (κ2) is 11.3. The fourth-order valence-electron chi connectivity index (χ4n) is 3.41. The quantitative estimate of drug-likeness (QED) is 0.382. The Balaban J connectivity index is 1.73. The highest BCUT2D eigenvalue weighted by Gasteiger charge is 2.25. The van der Waals surface area contributed by atoms with Crippen LogP contribution in [-0.2, 0) is 20.7 Å². The molecule has 0 aliphatic rings. The zero-order valence-electron chi connectivity index (χ0n) is 22.1.